The lowest BCUT2D eigenvalue weighted by atomic mass is 9.91. The summed E-state index contributed by atoms with van der Waals surface area (Å²) in [5.74, 6) is 0. The quantitative estimate of drug-likeness (QED) is 0.658. The SMILES string of the molecule is Cc1cccc2c1C(N)CO[C@@H]2C. The average Bonchev–Trinajstić information content (AvgIpc) is 2.12. The van der Waals surface area contributed by atoms with Crippen LogP contribution in [0.4, 0.5) is 0 Å². The third-order valence-corrected chi connectivity index (χ3v) is 2.69. The van der Waals surface area contributed by atoms with Gasteiger partial charge in [0.05, 0.1) is 18.8 Å². The number of aryl methyl sites for hydroxylation is 1. The molecule has 13 heavy (non-hydrogen) atoms. The molecule has 2 nitrogen and oxygen atoms in total. The van der Waals surface area contributed by atoms with Gasteiger partial charge in [-0.25, -0.2) is 0 Å². The molecule has 1 aromatic rings. The Morgan fingerprint density at radius 3 is 2.92 bits per heavy atom. The topological polar surface area (TPSA) is 35.2 Å². The van der Waals surface area contributed by atoms with E-state index < -0.39 is 0 Å². The van der Waals surface area contributed by atoms with Gasteiger partial charge in [0.15, 0.2) is 0 Å². The second kappa shape index (κ2) is 3.13. The third kappa shape index (κ3) is 1.36. The van der Waals surface area contributed by atoms with Gasteiger partial charge in [-0.15, -0.1) is 0 Å². The minimum absolute atomic E-state index is 0.0485. The van der Waals surface area contributed by atoms with E-state index >= 15 is 0 Å². The summed E-state index contributed by atoms with van der Waals surface area (Å²) in [4.78, 5) is 0. The molecule has 0 aromatic heterocycles. The Morgan fingerprint density at radius 2 is 2.23 bits per heavy atom. The maximum Gasteiger partial charge on any atom is 0.0801 e. The average molecular weight is 177 g/mol. The van der Waals surface area contributed by atoms with Crippen molar-refractivity contribution in [2.75, 3.05) is 6.61 Å². The summed E-state index contributed by atoms with van der Waals surface area (Å²) in [5.41, 5.74) is 9.79. The third-order valence-electron chi connectivity index (χ3n) is 2.69. The van der Waals surface area contributed by atoms with Gasteiger partial charge in [0.2, 0.25) is 0 Å². The number of benzene rings is 1. The van der Waals surface area contributed by atoms with Crippen LogP contribution in [-0.4, -0.2) is 6.61 Å². The molecule has 0 spiro atoms. The fourth-order valence-corrected chi connectivity index (χ4v) is 1.99. The van der Waals surface area contributed by atoms with Crippen molar-refractivity contribution >= 4 is 0 Å². The number of ether oxygens (including phenoxy) is 1. The molecule has 70 valence electrons. The summed E-state index contributed by atoms with van der Waals surface area (Å²) in [6.45, 7) is 4.82. The van der Waals surface area contributed by atoms with Crippen molar-refractivity contribution in [1.29, 1.82) is 0 Å². The van der Waals surface area contributed by atoms with Crippen LogP contribution >= 0.6 is 0 Å². The van der Waals surface area contributed by atoms with E-state index in [0.717, 1.165) is 0 Å². The van der Waals surface area contributed by atoms with Crippen LogP contribution < -0.4 is 5.73 Å². The molecule has 1 aliphatic heterocycles. The molecule has 1 aliphatic rings. The largest absolute Gasteiger partial charge is 0.372 e. The first-order valence-corrected chi connectivity index (χ1v) is 4.66. The van der Waals surface area contributed by atoms with Gasteiger partial charge < -0.3 is 10.5 Å². The molecular weight excluding hydrogens is 162 g/mol. The molecule has 0 radical (unpaired) electrons. The fourth-order valence-electron chi connectivity index (χ4n) is 1.99. The van der Waals surface area contributed by atoms with Gasteiger partial charge in [0.1, 0.15) is 0 Å². The molecule has 0 fully saturated rings. The highest BCUT2D eigenvalue weighted by atomic mass is 16.5. The normalized spacial score (nSPS) is 27.0. The van der Waals surface area contributed by atoms with Crippen LogP contribution in [0.25, 0.3) is 0 Å². The Balaban J connectivity index is 2.56. The van der Waals surface area contributed by atoms with Gasteiger partial charge in [0, 0.05) is 0 Å². The molecule has 1 heterocycles. The predicted octanol–water partition coefficient (Wildman–Crippen LogP) is 2.09. The zero-order chi connectivity index (χ0) is 9.42. The summed E-state index contributed by atoms with van der Waals surface area (Å²) < 4.78 is 5.55. The zero-order valence-corrected chi connectivity index (χ0v) is 8.08. The fraction of sp³-hybridized carbons (Fsp3) is 0.455. The molecule has 0 amide bonds. The Morgan fingerprint density at radius 1 is 1.46 bits per heavy atom. The molecule has 2 heteroatoms. The van der Waals surface area contributed by atoms with E-state index in [1.165, 1.54) is 16.7 Å². The summed E-state index contributed by atoms with van der Waals surface area (Å²) >= 11 is 0. The van der Waals surface area contributed by atoms with Gasteiger partial charge in [-0.05, 0) is 30.5 Å². The van der Waals surface area contributed by atoms with Crippen LogP contribution in [0, 0.1) is 6.92 Å². The van der Waals surface area contributed by atoms with Crippen LogP contribution in [0.3, 0.4) is 0 Å². The van der Waals surface area contributed by atoms with Crippen LogP contribution in [0.5, 0.6) is 0 Å². The van der Waals surface area contributed by atoms with Crippen LogP contribution in [0.2, 0.25) is 0 Å². The number of hydrogen-bond donors (Lipinski definition) is 1. The lowest BCUT2D eigenvalue weighted by Crippen LogP contribution is -2.26. The van der Waals surface area contributed by atoms with E-state index in [-0.39, 0.29) is 12.1 Å². The highest BCUT2D eigenvalue weighted by molar-refractivity contribution is 5.39. The first-order valence-electron chi connectivity index (χ1n) is 4.66. The van der Waals surface area contributed by atoms with Gasteiger partial charge in [0.25, 0.3) is 0 Å². The first kappa shape index (κ1) is 8.73. The lowest BCUT2D eigenvalue weighted by Gasteiger charge is -2.29. The van der Waals surface area contributed by atoms with Crippen molar-refractivity contribution in [3.63, 3.8) is 0 Å². The molecule has 2 rings (SSSR count). The van der Waals surface area contributed by atoms with Gasteiger partial charge in [-0.2, -0.15) is 0 Å². The van der Waals surface area contributed by atoms with E-state index in [9.17, 15) is 0 Å². The first-order chi connectivity index (χ1) is 6.20. The van der Waals surface area contributed by atoms with E-state index in [0.29, 0.717) is 6.61 Å². The van der Waals surface area contributed by atoms with Crippen molar-refractivity contribution in [1.82, 2.24) is 0 Å². The standard InChI is InChI=1S/C11H15NO/c1-7-4-3-5-9-8(2)13-6-10(12)11(7)9/h3-5,8,10H,6,12H2,1-2H3/t8-,10?/m1/s1. The monoisotopic (exact) mass is 177 g/mol. The van der Waals surface area contributed by atoms with Crippen molar-refractivity contribution in [2.45, 2.75) is 26.0 Å². The number of fused-ring (bicyclic) bond motifs is 1. The number of nitrogens with two attached hydrogens (primary N) is 1. The molecular formula is C11H15NO. The number of hydrogen-bond acceptors (Lipinski definition) is 2. The molecule has 1 aromatic carbocycles. The zero-order valence-electron chi connectivity index (χ0n) is 8.08. The molecule has 0 bridgehead atoms. The van der Waals surface area contributed by atoms with Gasteiger partial charge >= 0.3 is 0 Å². The predicted molar refractivity (Wildman–Crippen MR) is 52.5 cm³/mol. The lowest BCUT2D eigenvalue weighted by molar-refractivity contribution is 0.0405. The molecule has 0 saturated carbocycles. The van der Waals surface area contributed by atoms with Crippen molar-refractivity contribution in [3.8, 4) is 0 Å². The van der Waals surface area contributed by atoms with Crippen molar-refractivity contribution in [3.05, 3.63) is 34.9 Å². The minimum atomic E-state index is 0.0485. The number of rotatable bonds is 0. The molecule has 1 unspecified atom stereocenters. The summed E-state index contributed by atoms with van der Waals surface area (Å²) in [6, 6.07) is 6.32. The molecule has 0 aliphatic carbocycles. The van der Waals surface area contributed by atoms with E-state index in [1.54, 1.807) is 0 Å². The Kier molecular flexibility index (Phi) is 2.10. The Bertz CT molecular complexity index is 322. The van der Waals surface area contributed by atoms with Crippen LogP contribution in [0.1, 0.15) is 35.8 Å². The maximum atomic E-state index is 5.98. The molecule has 0 saturated heterocycles. The van der Waals surface area contributed by atoms with E-state index in [4.69, 9.17) is 10.5 Å². The second-order valence-electron chi connectivity index (χ2n) is 3.66. The van der Waals surface area contributed by atoms with E-state index in [2.05, 4.69) is 32.0 Å². The second-order valence-corrected chi connectivity index (χ2v) is 3.66. The Hall–Kier alpha value is -0.860. The molecule has 2 N–H and O–H groups in total. The van der Waals surface area contributed by atoms with Gasteiger partial charge in [-0.3, -0.25) is 0 Å². The van der Waals surface area contributed by atoms with Crippen molar-refractivity contribution in [2.24, 2.45) is 5.73 Å². The Labute approximate surface area is 78.7 Å². The molecule has 2 atom stereocenters. The minimum Gasteiger partial charge on any atom is -0.372 e. The van der Waals surface area contributed by atoms with E-state index in [1.807, 2.05) is 0 Å². The van der Waals surface area contributed by atoms with Crippen LogP contribution in [-0.2, 0) is 4.74 Å². The summed E-state index contributed by atoms with van der Waals surface area (Å²) in [5, 5.41) is 0. The smallest absolute Gasteiger partial charge is 0.0801 e. The van der Waals surface area contributed by atoms with Crippen molar-refractivity contribution < 1.29 is 4.74 Å². The summed E-state index contributed by atoms with van der Waals surface area (Å²) in [7, 11) is 0. The summed E-state index contributed by atoms with van der Waals surface area (Å²) in [6.07, 6.45) is 0.190. The van der Waals surface area contributed by atoms with Gasteiger partial charge in [-0.1, -0.05) is 18.2 Å². The highest BCUT2D eigenvalue weighted by Gasteiger charge is 2.23. The maximum absolute atomic E-state index is 5.98. The highest BCUT2D eigenvalue weighted by Crippen LogP contribution is 2.32. The van der Waals surface area contributed by atoms with Crippen LogP contribution in [0.15, 0.2) is 18.2 Å².